The van der Waals surface area contributed by atoms with Crippen LogP contribution in [0.4, 0.5) is 5.69 Å². The highest BCUT2D eigenvalue weighted by Crippen LogP contribution is 2.52. The monoisotopic (exact) mass is 444 g/mol. The Hall–Kier alpha value is -4.40. The minimum atomic E-state index is -1.82. The molecular weight excluding hydrogens is 424 g/mol. The van der Waals surface area contributed by atoms with Crippen LogP contribution in [-0.2, 0) is 26.3 Å². The number of carbonyl (C=O) groups excluding carboxylic acids is 2. The fourth-order valence-electron chi connectivity index (χ4n) is 4.63. The molecule has 9 heteroatoms. The average Bonchev–Trinajstić information content (AvgIpc) is 3.08. The predicted molar refractivity (Wildman–Crippen MR) is 118 cm³/mol. The normalized spacial score (nSPS) is 18.4. The number of esters is 1. The van der Waals surface area contributed by atoms with Crippen LogP contribution in [0.2, 0.25) is 0 Å². The highest BCUT2D eigenvalue weighted by Gasteiger charge is 2.60. The van der Waals surface area contributed by atoms with Crippen LogP contribution in [0.25, 0.3) is 0 Å². The highest BCUT2D eigenvalue weighted by atomic mass is 16.5. The van der Waals surface area contributed by atoms with Gasteiger partial charge in [-0.05, 0) is 24.6 Å². The van der Waals surface area contributed by atoms with Gasteiger partial charge >= 0.3 is 5.97 Å². The zero-order chi connectivity index (χ0) is 23.3. The van der Waals surface area contributed by atoms with E-state index in [0.29, 0.717) is 16.9 Å². The first-order valence-electron chi connectivity index (χ1n) is 10.2. The molecule has 0 fully saturated rings. The van der Waals surface area contributed by atoms with Crippen LogP contribution in [0, 0.1) is 6.92 Å². The number of hydrogen-bond donors (Lipinski definition) is 2. The molecule has 2 aromatic heterocycles. The first-order chi connectivity index (χ1) is 15.9. The van der Waals surface area contributed by atoms with Crippen molar-refractivity contribution in [2.24, 2.45) is 5.73 Å². The Kier molecular flexibility index (Phi) is 4.56. The van der Waals surface area contributed by atoms with Crippen LogP contribution in [0.15, 0.2) is 71.1 Å². The van der Waals surface area contributed by atoms with Crippen LogP contribution >= 0.6 is 0 Å². The zero-order valence-electron chi connectivity index (χ0n) is 17.9. The Morgan fingerprint density at radius 2 is 2.03 bits per heavy atom. The molecular formula is C24H20N4O5. The van der Waals surface area contributed by atoms with Crippen LogP contribution in [0.5, 0.6) is 5.75 Å². The van der Waals surface area contributed by atoms with E-state index in [2.05, 4.69) is 10.3 Å². The minimum Gasteiger partial charge on any atom is -0.465 e. The van der Waals surface area contributed by atoms with Gasteiger partial charge in [-0.3, -0.25) is 14.6 Å². The maximum absolute atomic E-state index is 14.0. The molecule has 166 valence electrons. The molecule has 5 rings (SSSR count). The molecule has 9 nitrogen and oxygen atoms in total. The lowest BCUT2D eigenvalue weighted by molar-refractivity contribution is -0.138. The van der Waals surface area contributed by atoms with E-state index >= 15 is 0 Å². The van der Waals surface area contributed by atoms with Gasteiger partial charge in [0.1, 0.15) is 16.7 Å². The molecule has 4 heterocycles. The Balaban J connectivity index is 1.86. The Bertz CT molecular complexity index is 1410. The summed E-state index contributed by atoms with van der Waals surface area (Å²) in [6, 6.07) is 12.1. The second-order valence-electron chi connectivity index (χ2n) is 7.86. The van der Waals surface area contributed by atoms with Crippen molar-refractivity contribution in [3.8, 4) is 5.75 Å². The van der Waals surface area contributed by atoms with E-state index in [1.807, 2.05) is 6.07 Å². The van der Waals surface area contributed by atoms with Gasteiger partial charge in [0.2, 0.25) is 11.8 Å². The summed E-state index contributed by atoms with van der Waals surface area (Å²) in [5, 5.41) is 2.79. The fourth-order valence-corrected chi connectivity index (χ4v) is 4.63. The third-order valence-electron chi connectivity index (χ3n) is 6.06. The van der Waals surface area contributed by atoms with Gasteiger partial charge in [-0.2, -0.15) is 0 Å². The van der Waals surface area contributed by atoms with E-state index in [9.17, 15) is 14.4 Å². The molecule has 1 atom stereocenters. The lowest BCUT2D eigenvalue weighted by Crippen LogP contribution is -2.50. The Morgan fingerprint density at radius 3 is 2.76 bits per heavy atom. The third kappa shape index (κ3) is 2.78. The lowest BCUT2D eigenvalue weighted by Gasteiger charge is -2.35. The molecule has 0 aliphatic carbocycles. The quantitative estimate of drug-likeness (QED) is 0.588. The van der Waals surface area contributed by atoms with Gasteiger partial charge in [0.25, 0.3) is 5.56 Å². The SMILES string of the molecule is COC(=O)C1=C(N)Oc2cc(C)n(Cc3cccnc3)c(=O)c2[C@@]12C(=O)Nc1ccccc12. The second kappa shape index (κ2) is 7.33. The molecule has 1 aromatic carbocycles. The number of fused-ring (bicyclic) bond motifs is 4. The van der Waals surface area contributed by atoms with E-state index < -0.39 is 22.9 Å². The summed E-state index contributed by atoms with van der Waals surface area (Å²) >= 11 is 0. The van der Waals surface area contributed by atoms with E-state index in [-0.39, 0.29) is 29.3 Å². The highest BCUT2D eigenvalue weighted by molar-refractivity contribution is 6.17. The van der Waals surface area contributed by atoms with Crippen LogP contribution in [0.1, 0.15) is 22.4 Å². The molecule has 33 heavy (non-hydrogen) atoms. The summed E-state index contributed by atoms with van der Waals surface area (Å²) in [7, 11) is 1.18. The number of hydrogen-bond acceptors (Lipinski definition) is 7. The van der Waals surface area contributed by atoms with Crippen LogP contribution in [0.3, 0.4) is 0 Å². The topological polar surface area (TPSA) is 126 Å². The zero-order valence-corrected chi connectivity index (χ0v) is 17.9. The summed E-state index contributed by atoms with van der Waals surface area (Å²) in [6.45, 7) is 1.98. The van der Waals surface area contributed by atoms with Crippen LogP contribution in [-0.4, -0.2) is 28.5 Å². The van der Waals surface area contributed by atoms with Crippen molar-refractivity contribution in [1.82, 2.24) is 9.55 Å². The first-order valence-corrected chi connectivity index (χ1v) is 10.2. The number of rotatable bonds is 3. The molecule has 2 aliphatic rings. The standard InChI is InChI=1S/C24H20N4O5/c1-13-10-17-18(21(29)28(13)12-14-6-5-9-26-11-14)24(19(20(25)33-17)22(30)32-2)15-7-3-4-8-16(15)27-23(24)31/h3-11H,12,25H2,1-2H3,(H,27,31)/t24-/m1/s1. The number of amides is 1. The number of carbonyl (C=O) groups is 2. The van der Waals surface area contributed by atoms with Crippen molar-refractivity contribution in [1.29, 1.82) is 0 Å². The van der Waals surface area contributed by atoms with Crippen molar-refractivity contribution in [2.45, 2.75) is 18.9 Å². The van der Waals surface area contributed by atoms with Crippen molar-refractivity contribution in [3.63, 3.8) is 0 Å². The second-order valence-corrected chi connectivity index (χ2v) is 7.86. The molecule has 3 N–H and O–H groups in total. The fraction of sp³-hybridized carbons (Fsp3) is 0.167. The predicted octanol–water partition coefficient (Wildman–Crippen LogP) is 1.57. The number of aryl methyl sites for hydroxylation is 1. The molecule has 0 saturated heterocycles. The number of methoxy groups -OCH3 is 1. The van der Waals surface area contributed by atoms with Crippen molar-refractivity contribution in [3.05, 3.63) is 99.1 Å². The molecule has 0 radical (unpaired) electrons. The number of nitrogens with zero attached hydrogens (tertiary/aromatic N) is 2. The molecule has 2 aliphatic heterocycles. The molecule has 0 bridgehead atoms. The first kappa shape index (κ1) is 20.5. The lowest BCUT2D eigenvalue weighted by atomic mass is 9.68. The van der Waals surface area contributed by atoms with Gasteiger partial charge in [0.05, 0.1) is 19.2 Å². The largest absolute Gasteiger partial charge is 0.465 e. The van der Waals surface area contributed by atoms with E-state index in [1.54, 1.807) is 55.7 Å². The summed E-state index contributed by atoms with van der Waals surface area (Å²) in [5.74, 6) is -1.60. The third-order valence-corrected chi connectivity index (χ3v) is 6.06. The summed E-state index contributed by atoms with van der Waals surface area (Å²) in [4.78, 5) is 44.6. The van der Waals surface area contributed by atoms with Gasteiger partial charge in [-0.25, -0.2) is 4.79 Å². The number of anilines is 1. The number of nitrogens with one attached hydrogen (secondary N) is 1. The molecule has 3 aromatic rings. The minimum absolute atomic E-state index is 0.00837. The van der Waals surface area contributed by atoms with E-state index in [1.165, 1.54) is 11.7 Å². The van der Waals surface area contributed by atoms with Crippen molar-refractivity contribution in [2.75, 3.05) is 12.4 Å². The molecule has 0 unspecified atom stereocenters. The number of aromatic nitrogens is 2. The number of nitrogens with two attached hydrogens (primary N) is 1. The Morgan fingerprint density at radius 1 is 1.24 bits per heavy atom. The van der Waals surface area contributed by atoms with Gasteiger partial charge < -0.3 is 25.1 Å². The smallest absolute Gasteiger partial charge is 0.340 e. The Labute approximate surface area is 188 Å². The molecule has 0 saturated carbocycles. The van der Waals surface area contributed by atoms with Gasteiger partial charge in [-0.15, -0.1) is 0 Å². The van der Waals surface area contributed by atoms with E-state index in [0.717, 1.165) is 5.56 Å². The summed E-state index contributed by atoms with van der Waals surface area (Å²) in [6.07, 6.45) is 3.30. The number of benzene rings is 1. The number of pyridine rings is 2. The van der Waals surface area contributed by atoms with Crippen molar-refractivity contribution < 1.29 is 19.1 Å². The number of ether oxygens (including phenoxy) is 2. The maximum Gasteiger partial charge on any atom is 0.340 e. The van der Waals surface area contributed by atoms with Gasteiger partial charge in [0.15, 0.2) is 0 Å². The van der Waals surface area contributed by atoms with Gasteiger partial charge in [0, 0.05) is 35.4 Å². The number of para-hydroxylation sites is 1. The van der Waals surface area contributed by atoms with Gasteiger partial charge in [-0.1, -0.05) is 24.3 Å². The molecule has 1 amide bonds. The summed E-state index contributed by atoms with van der Waals surface area (Å²) in [5.41, 5.74) is 5.95. The maximum atomic E-state index is 14.0. The molecule has 1 spiro atoms. The van der Waals surface area contributed by atoms with E-state index in [4.69, 9.17) is 15.2 Å². The summed E-state index contributed by atoms with van der Waals surface area (Å²) < 4.78 is 12.2. The van der Waals surface area contributed by atoms with Crippen molar-refractivity contribution >= 4 is 17.6 Å². The van der Waals surface area contributed by atoms with Crippen LogP contribution < -0.4 is 21.3 Å². The average molecular weight is 444 g/mol.